The third-order valence-corrected chi connectivity index (χ3v) is 11.3. The van der Waals surface area contributed by atoms with Crippen LogP contribution in [0, 0.1) is 13.8 Å². The van der Waals surface area contributed by atoms with Crippen LogP contribution in [0.25, 0.3) is 0 Å². The number of rotatable bonds is 11. The van der Waals surface area contributed by atoms with E-state index in [1.807, 2.05) is 11.9 Å². The molecule has 0 bridgehead atoms. The van der Waals surface area contributed by atoms with Gasteiger partial charge in [0.05, 0.1) is 18.6 Å². The number of hydrogen-bond donors (Lipinski definition) is 0. The van der Waals surface area contributed by atoms with Gasteiger partial charge in [0.25, 0.3) is 0 Å². The van der Waals surface area contributed by atoms with Crippen LogP contribution in [0.3, 0.4) is 0 Å². The van der Waals surface area contributed by atoms with Crippen molar-refractivity contribution in [1.29, 1.82) is 0 Å². The van der Waals surface area contributed by atoms with Crippen LogP contribution in [0.2, 0.25) is 0 Å². The molecule has 2 aliphatic carbocycles. The van der Waals surface area contributed by atoms with Gasteiger partial charge in [0.2, 0.25) is 15.9 Å². The first kappa shape index (κ1) is 30.2. The maximum Gasteiger partial charge on any atom is 0.248 e. The molecule has 1 heterocycles. The number of aryl methyl sites for hydroxylation is 2. The maximum atomic E-state index is 13.2. The Morgan fingerprint density at radius 2 is 1.54 bits per heavy atom. The Hall–Kier alpha value is -1.72. The summed E-state index contributed by atoms with van der Waals surface area (Å²) < 4.78 is 38.5. The van der Waals surface area contributed by atoms with Crippen molar-refractivity contribution in [3.8, 4) is 5.75 Å². The van der Waals surface area contributed by atoms with Crippen molar-refractivity contribution < 1.29 is 22.7 Å². The van der Waals surface area contributed by atoms with Crippen LogP contribution in [-0.4, -0.2) is 119 Å². The van der Waals surface area contributed by atoms with Gasteiger partial charge >= 0.3 is 0 Å². The molecule has 0 spiro atoms. The van der Waals surface area contributed by atoms with Gasteiger partial charge in [0.1, 0.15) is 12.4 Å². The lowest BCUT2D eigenvalue weighted by molar-refractivity contribution is -0.136. The van der Waals surface area contributed by atoms with E-state index in [0.717, 1.165) is 38.4 Å². The summed E-state index contributed by atoms with van der Waals surface area (Å²) in [5, 5.41) is 0. The number of likely N-dealkylation sites (N-methyl/N-ethyl adjacent to an activating group) is 2. The molecular formula is C29H48N4O5S. The van der Waals surface area contributed by atoms with Crippen molar-refractivity contribution in [3.63, 3.8) is 0 Å². The normalized spacial score (nSPS) is 23.5. The molecule has 1 aromatic carbocycles. The van der Waals surface area contributed by atoms with Crippen LogP contribution < -0.4 is 4.74 Å². The number of ether oxygens (including phenoxy) is 2. The van der Waals surface area contributed by atoms with Crippen LogP contribution in [0.1, 0.15) is 56.1 Å². The number of amides is 1. The zero-order valence-electron chi connectivity index (χ0n) is 24.5. The highest BCUT2D eigenvalue weighted by molar-refractivity contribution is 7.89. The van der Waals surface area contributed by atoms with Crippen LogP contribution in [-0.2, 0) is 19.6 Å². The molecule has 2 saturated carbocycles. The lowest BCUT2D eigenvalue weighted by Crippen LogP contribution is -2.52. The van der Waals surface area contributed by atoms with Crippen molar-refractivity contribution in [2.75, 3.05) is 67.1 Å². The number of piperazine rings is 1. The number of sulfonamides is 1. The highest BCUT2D eigenvalue weighted by Gasteiger charge is 2.35. The quantitative estimate of drug-likeness (QED) is 0.382. The van der Waals surface area contributed by atoms with E-state index >= 15 is 0 Å². The Morgan fingerprint density at radius 1 is 0.949 bits per heavy atom. The summed E-state index contributed by atoms with van der Waals surface area (Å²) in [6.07, 6.45) is 8.70. The SMILES string of the molecule is COc1cc(C)c(S(=O)(=O)N(C)CCOCC(=O)N(C)[C@@H]2CC[C@H](N3CCN(C4CCCC4)CC3)C2)c(C)c1. The fraction of sp³-hybridized carbons (Fsp3) is 0.759. The van der Waals surface area contributed by atoms with Crippen LogP contribution in [0.4, 0.5) is 0 Å². The molecule has 9 nitrogen and oxygen atoms in total. The molecule has 2 atom stereocenters. The Morgan fingerprint density at radius 3 is 2.13 bits per heavy atom. The van der Waals surface area contributed by atoms with Gasteiger partial charge in [-0.15, -0.1) is 0 Å². The molecule has 39 heavy (non-hydrogen) atoms. The molecule has 0 aromatic heterocycles. The van der Waals surface area contributed by atoms with E-state index in [1.54, 1.807) is 40.1 Å². The highest BCUT2D eigenvalue weighted by atomic mass is 32.2. The minimum absolute atomic E-state index is 0.0355. The molecule has 1 saturated heterocycles. The molecular weight excluding hydrogens is 516 g/mol. The number of nitrogens with zero attached hydrogens (tertiary/aromatic N) is 4. The smallest absolute Gasteiger partial charge is 0.248 e. The van der Waals surface area contributed by atoms with E-state index in [2.05, 4.69) is 9.80 Å². The first-order valence-electron chi connectivity index (χ1n) is 14.5. The molecule has 10 heteroatoms. The lowest BCUT2D eigenvalue weighted by Gasteiger charge is -2.40. The van der Waals surface area contributed by atoms with E-state index in [0.29, 0.717) is 22.9 Å². The molecule has 1 aliphatic heterocycles. The summed E-state index contributed by atoms with van der Waals surface area (Å²) in [7, 11) is 1.30. The Bertz CT molecular complexity index is 1060. The molecule has 0 N–H and O–H groups in total. The van der Waals surface area contributed by atoms with Crippen molar-refractivity contribution in [2.24, 2.45) is 0 Å². The van der Waals surface area contributed by atoms with Crippen molar-refractivity contribution >= 4 is 15.9 Å². The van der Waals surface area contributed by atoms with Gasteiger partial charge < -0.3 is 14.4 Å². The number of methoxy groups -OCH3 is 1. The average molecular weight is 565 g/mol. The van der Waals surface area contributed by atoms with Crippen LogP contribution in [0.15, 0.2) is 17.0 Å². The third kappa shape index (κ3) is 7.14. The second kappa shape index (κ2) is 13.3. The van der Waals surface area contributed by atoms with Crippen molar-refractivity contribution in [2.45, 2.75) is 81.8 Å². The van der Waals surface area contributed by atoms with Gasteiger partial charge in [-0.3, -0.25) is 14.6 Å². The predicted molar refractivity (Wildman–Crippen MR) is 153 cm³/mol. The summed E-state index contributed by atoms with van der Waals surface area (Å²) in [4.78, 5) is 20.3. The average Bonchev–Trinajstić information content (AvgIpc) is 3.63. The zero-order chi connectivity index (χ0) is 28.2. The number of carbonyl (C=O) groups is 1. The fourth-order valence-corrected chi connectivity index (χ4v) is 8.28. The van der Waals surface area contributed by atoms with Crippen LogP contribution >= 0.6 is 0 Å². The Labute approximate surface area is 235 Å². The number of hydrogen-bond acceptors (Lipinski definition) is 7. The predicted octanol–water partition coefficient (Wildman–Crippen LogP) is 2.89. The standard InChI is InChI=1S/C29H48N4O5S/c1-22-18-27(37-5)19-23(2)29(22)39(35,36)30(3)16-17-38-21-28(34)31(4)25-10-11-26(20-25)33-14-12-32(13-15-33)24-8-6-7-9-24/h18-19,24-26H,6-17,20-21H2,1-5H3/t25-,26+/m1/s1. The molecule has 3 fully saturated rings. The summed E-state index contributed by atoms with van der Waals surface area (Å²) >= 11 is 0. The third-order valence-electron chi connectivity index (χ3n) is 9.14. The van der Waals surface area contributed by atoms with Crippen molar-refractivity contribution in [3.05, 3.63) is 23.3 Å². The highest BCUT2D eigenvalue weighted by Crippen LogP contribution is 2.30. The molecule has 0 unspecified atom stereocenters. The van der Waals surface area contributed by atoms with E-state index in [4.69, 9.17) is 9.47 Å². The molecule has 1 amide bonds. The summed E-state index contributed by atoms with van der Waals surface area (Å²) in [5.74, 6) is 0.590. The van der Waals surface area contributed by atoms with Gasteiger partial charge in [-0.05, 0) is 69.2 Å². The molecule has 0 radical (unpaired) electrons. The van der Waals surface area contributed by atoms with Gasteiger partial charge in [-0.2, -0.15) is 4.31 Å². The second-order valence-corrected chi connectivity index (χ2v) is 13.6. The second-order valence-electron chi connectivity index (χ2n) is 11.6. The summed E-state index contributed by atoms with van der Waals surface area (Å²) in [6.45, 7) is 8.46. The van der Waals surface area contributed by atoms with E-state index in [-0.39, 0.29) is 36.6 Å². The Balaban J connectivity index is 1.18. The van der Waals surface area contributed by atoms with E-state index in [1.165, 1.54) is 43.1 Å². The molecule has 1 aromatic rings. The molecule has 3 aliphatic rings. The lowest BCUT2D eigenvalue weighted by atomic mass is 10.1. The number of carbonyl (C=O) groups excluding carboxylic acids is 1. The largest absolute Gasteiger partial charge is 0.497 e. The summed E-state index contributed by atoms with van der Waals surface area (Å²) in [6, 6.07) is 5.05. The van der Waals surface area contributed by atoms with Gasteiger partial charge in [-0.1, -0.05) is 12.8 Å². The zero-order valence-corrected chi connectivity index (χ0v) is 25.3. The van der Waals surface area contributed by atoms with Crippen molar-refractivity contribution in [1.82, 2.24) is 19.0 Å². The molecule has 220 valence electrons. The van der Waals surface area contributed by atoms with Gasteiger partial charge in [0.15, 0.2) is 0 Å². The first-order chi connectivity index (χ1) is 18.6. The number of benzene rings is 1. The van der Waals surface area contributed by atoms with Crippen LogP contribution in [0.5, 0.6) is 5.75 Å². The van der Waals surface area contributed by atoms with Gasteiger partial charge in [0, 0.05) is 64.9 Å². The van der Waals surface area contributed by atoms with E-state index in [9.17, 15) is 13.2 Å². The topological polar surface area (TPSA) is 82.6 Å². The monoisotopic (exact) mass is 564 g/mol. The summed E-state index contributed by atoms with van der Waals surface area (Å²) in [5.41, 5.74) is 1.28. The minimum atomic E-state index is -3.69. The maximum absolute atomic E-state index is 13.2. The Kier molecular flexibility index (Phi) is 10.3. The minimum Gasteiger partial charge on any atom is -0.497 e. The van der Waals surface area contributed by atoms with E-state index < -0.39 is 10.0 Å². The fourth-order valence-electron chi connectivity index (χ4n) is 6.72. The van der Waals surface area contributed by atoms with Gasteiger partial charge in [-0.25, -0.2) is 8.42 Å². The molecule has 4 rings (SSSR count). The first-order valence-corrected chi connectivity index (χ1v) is 16.0.